The minimum absolute atomic E-state index is 0.389. The van der Waals surface area contributed by atoms with Gasteiger partial charge in [0, 0.05) is 27.6 Å². The van der Waals surface area contributed by atoms with Crippen molar-refractivity contribution in [1.82, 2.24) is 19.9 Å². The van der Waals surface area contributed by atoms with Gasteiger partial charge < -0.3 is 15.1 Å². The molecular formula is C25H22N4O2. The van der Waals surface area contributed by atoms with Gasteiger partial charge in [-0.25, -0.2) is 14.8 Å². The molecule has 0 radical (unpaired) electrons. The number of nitrogens with zero attached hydrogens (tertiary/aromatic N) is 2. The molecule has 2 aliphatic rings. The summed E-state index contributed by atoms with van der Waals surface area (Å²) in [6, 6.07) is 16.4. The quantitative estimate of drug-likeness (QED) is 0.309. The average Bonchev–Trinajstić information content (AvgIpc) is 3.53. The second-order valence-electron chi connectivity index (χ2n) is 7.18. The van der Waals surface area contributed by atoms with Crippen molar-refractivity contribution < 1.29 is 9.90 Å². The lowest BCUT2D eigenvalue weighted by atomic mass is 10.3. The zero-order valence-corrected chi connectivity index (χ0v) is 17.3. The molecule has 2 aliphatic heterocycles. The Bertz CT molecular complexity index is 1300. The molecule has 0 aliphatic carbocycles. The Hall–Kier alpha value is -4.19. The number of carboxylic acid groups (broad SMARTS) is 1. The number of H-pyrrole nitrogens is 2. The summed E-state index contributed by atoms with van der Waals surface area (Å²) < 4.78 is 0. The molecule has 6 heteroatoms. The van der Waals surface area contributed by atoms with Gasteiger partial charge in [0.1, 0.15) is 0 Å². The minimum Gasteiger partial charge on any atom is -0.478 e. The fraction of sp³-hybridized carbons (Fsp3) is 0.0800. The molecule has 5 rings (SSSR count). The molecule has 154 valence electrons. The molecule has 3 N–H and O–H groups in total. The maximum atomic E-state index is 9.86. The number of rotatable bonds is 1. The Morgan fingerprint density at radius 2 is 1.13 bits per heavy atom. The van der Waals surface area contributed by atoms with Crippen molar-refractivity contribution in [2.45, 2.75) is 13.8 Å². The SMILES string of the molecule is C1=Cc2cc3ccc(cc4ccc(cc5nc(cc1n2)C=C5)[nH]4)[nH]3.CC=C(C)C(=O)O. The zero-order valence-electron chi connectivity index (χ0n) is 17.3. The highest BCUT2D eigenvalue weighted by molar-refractivity contribution is 5.85. The monoisotopic (exact) mass is 410 g/mol. The number of carboxylic acids is 1. The Morgan fingerprint density at radius 1 is 0.742 bits per heavy atom. The third-order valence-corrected chi connectivity index (χ3v) is 4.81. The molecule has 0 unspecified atom stereocenters. The number of hydrogen-bond acceptors (Lipinski definition) is 3. The van der Waals surface area contributed by atoms with Gasteiger partial charge in [0.25, 0.3) is 0 Å². The van der Waals surface area contributed by atoms with Crippen LogP contribution < -0.4 is 0 Å². The fourth-order valence-electron chi connectivity index (χ4n) is 3.07. The van der Waals surface area contributed by atoms with Crippen molar-refractivity contribution in [3.8, 4) is 0 Å². The predicted molar refractivity (Wildman–Crippen MR) is 126 cm³/mol. The van der Waals surface area contributed by atoms with Crippen LogP contribution >= 0.6 is 0 Å². The molecular weight excluding hydrogens is 388 g/mol. The molecule has 0 aromatic carbocycles. The van der Waals surface area contributed by atoms with Gasteiger partial charge >= 0.3 is 5.97 Å². The number of aromatic nitrogens is 4. The van der Waals surface area contributed by atoms with Crippen LogP contribution in [-0.4, -0.2) is 31.0 Å². The first kappa shape index (κ1) is 20.1. The highest BCUT2D eigenvalue weighted by atomic mass is 16.4. The smallest absolute Gasteiger partial charge is 0.330 e. The van der Waals surface area contributed by atoms with Crippen LogP contribution in [0.3, 0.4) is 0 Å². The molecule has 0 saturated carbocycles. The molecule has 8 bridgehead atoms. The van der Waals surface area contributed by atoms with Gasteiger partial charge in [-0.3, -0.25) is 0 Å². The summed E-state index contributed by atoms with van der Waals surface area (Å²) in [6.45, 7) is 3.26. The van der Waals surface area contributed by atoms with Crippen molar-refractivity contribution in [3.63, 3.8) is 0 Å². The van der Waals surface area contributed by atoms with Crippen LogP contribution in [0.5, 0.6) is 0 Å². The van der Waals surface area contributed by atoms with Crippen molar-refractivity contribution in [2.24, 2.45) is 0 Å². The summed E-state index contributed by atoms with van der Waals surface area (Å²) in [6.07, 6.45) is 9.61. The largest absolute Gasteiger partial charge is 0.478 e. The third kappa shape index (κ3) is 5.05. The number of aliphatic carboxylic acids is 1. The van der Waals surface area contributed by atoms with Crippen LogP contribution in [0, 0.1) is 0 Å². The third-order valence-electron chi connectivity index (χ3n) is 4.81. The van der Waals surface area contributed by atoms with E-state index >= 15 is 0 Å². The Labute approximate surface area is 179 Å². The van der Waals surface area contributed by atoms with Gasteiger partial charge in [0.05, 0.1) is 22.8 Å². The number of fused-ring (bicyclic) bond motifs is 8. The summed E-state index contributed by atoms with van der Waals surface area (Å²) in [4.78, 5) is 25.9. The van der Waals surface area contributed by atoms with E-state index in [9.17, 15) is 4.79 Å². The van der Waals surface area contributed by atoms with E-state index in [1.165, 1.54) is 0 Å². The number of nitrogens with one attached hydrogen (secondary N) is 2. The van der Waals surface area contributed by atoms with E-state index in [4.69, 9.17) is 5.11 Å². The Kier molecular flexibility index (Phi) is 5.62. The van der Waals surface area contributed by atoms with E-state index in [1.807, 2.05) is 42.5 Å². The van der Waals surface area contributed by atoms with Gasteiger partial charge in [0.15, 0.2) is 0 Å². The number of hydrogen-bond donors (Lipinski definition) is 3. The van der Waals surface area contributed by atoms with Crippen LogP contribution in [-0.2, 0) is 4.79 Å². The van der Waals surface area contributed by atoms with Gasteiger partial charge in [-0.1, -0.05) is 6.08 Å². The summed E-state index contributed by atoms with van der Waals surface area (Å²) in [5.74, 6) is -0.845. The summed E-state index contributed by atoms with van der Waals surface area (Å²) >= 11 is 0. The second kappa shape index (κ2) is 8.67. The van der Waals surface area contributed by atoms with Crippen LogP contribution in [0.4, 0.5) is 0 Å². The van der Waals surface area contributed by atoms with E-state index in [-0.39, 0.29) is 0 Å². The van der Waals surface area contributed by atoms with E-state index in [2.05, 4.69) is 50.3 Å². The van der Waals surface area contributed by atoms with Crippen LogP contribution in [0.2, 0.25) is 0 Å². The average molecular weight is 410 g/mol. The summed E-state index contributed by atoms with van der Waals surface area (Å²) in [7, 11) is 0. The number of allylic oxidation sites excluding steroid dienone is 1. The lowest BCUT2D eigenvalue weighted by molar-refractivity contribution is -0.132. The molecule has 3 aromatic rings. The highest BCUT2D eigenvalue weighted by Crippen LogP contribution is 2.17. The van der Waals surface area contributed by atoms with Crippen molar-refractivity contribution in [2.75, 3.05) is 0 Å². The molecule has 0 fully saturated rings. The molecule has 0 amide bonds. The van der Waals surface area contributed by atoms with Gasteiger partial charge in [0.2, 0.25) is 0 Å². The molecule has 0 spiro atoms. The number of aromatic amines is 2. The number of carbonyl (C=O) groups is 1. The maximum absolute atomic E-state index is 9.86. The van der Waals surface area contributed by atoms with E-state index in [0.717, 1.165) is 44.8 Å². The van der Waals surface area contributed by atoms with Gasteiger partial charge in [-0.05, 0) is 86.7 Å². The topological polar surface area (TPSA) is 94.7 Å². The first-order valence-electron chi connectivity index (χ1n) is 9.89. The molecule has 3 aromatic heterocycles. The Balaban J connectivity index is 0.000000289. The van der Waals surface area contributed by atoms with Crippen LogP contribution in [0.1, 0.15) is 36.6 Å². The first-order valence-corrected chi connectivity index (χ1v) is 9.89. The lowest BCUT2D eigenvalue weighted by Crippen LogP contribution is -1.93. The molecule has 0 saturated heterocycles. The Morgan fingerprint density at radius 3 is 1.48 bits per heavy atom. The van der Waals surface area contributed by atoms with E-state index in [0.29, 0.717) is 5.57 Å². The molecule has 6 nitrogen and oxygen atoms in total. The molecule has 5 heterocycles. The summed E-state index contributed by atoms with van der Waals surface area (Å²) in [5, 5.41) is 8.11. The van der Waals surface area contributed by atoms with Gasteiger partial charge in [-0.15, -0.1) is 0 Å². The van der Waals surface area contributed by atoms with Gasteiger partial charge in [-0.2, -0.15) is 0 Å². The lowest BCUT2D eigenvalue weighted by Gasteiger charge is -1.86. The van der Waals surface area contributed by atoms with Crippen molar-refractivity contribution in [1.29, 1.82) is 0 Å². The van der Waals surface area contributed by atoms with E-state index in [1.54, 1.807) is 19.9 Å². The fourth-order valence-corrected chi connectivity index (χ4v) is 3.07. The van der Waals surface area contributed by atoms with E-state index < -0.39 is 5.97 Å². The van der Waals surface area contributed by atoms with Crippen LogP contribution in [0.25, 0.3) is 46.4 Å². The first-order chi connectivity index (χ1) is 15.0. The highest BCUT2D eigenvalue weighted by Gasteiger charge is 2.02. The molecule has 0 atom stereocenters. The zero-order chi connectivity index (χ0) is 21.8. The van der Waals surface area contributed by atoms with Crippen LogP contribution in [0.15, 0.2) is 60.2 Å². The normalized spacial score (nSPS) is 12.4. The molecule has 31 heavy (non-hydrogen) atoms. The maximum Gasteiger partial charge on any atom is 0.330 e. The summed E-state index contributed by atoms with van der Waals surface area (Å²) in [5.41, 5.74) is 8.25. The minimum atomic E-state index is -0.845. The standard InChI is InChI=1S/C20H14N4.C5H8O2/c1-2-14-10-16-5-6-18(23-16)12-20-8-7-19(24-20)11-17-4-3-15(22-17)9-13(1)21-14;1-3-4(2)5(6)7/h1-12,21-22H;3H,1-2H3,(H,6,7). The predicted octanol–water partition coefficient (Wildman–Crippen LogP) is 5.69. The second-order valence-corrected chi connectivity index (χ2v) is 7.18. The van der Waals surface area contributed by atoms with Crippen molar-refractivity contribution >= 4 is 52.3 Å². The van der Waals surface area contributed by atoms with Crippen molar-refractivity contribution in [3.05, 3.63) is 83.0 Å².